The average molecular weight is 419 g/mol. The molecule has 1 fully saturated rings. The lowest BCUT2D eigenvalue weighted by atomic mass is 9.79. The van der Waals surface area contributed by atoms with E-state index in [-0.39, 0.29) is 0 Å². The molecule has 6 rings (SSSR count). The van der Waals surface area contributed by atoms with Crippen LogP contribution in [0.2, 0.25) is 0 Å². The van der Waals surface area contributed by atoms with Crippen LogP contribution >= 0.6 is 0 Å². The standard InChI is InChI=1S/C32H34/c1-2-6-23(7-3-1)20-24-12-14-25(15-13-24)21-28-18-19-31(32-11-5-10-30(28)32)29-17-16-26-8-4-9-27(26)22-29/h5,10-19,22-23,32H,1-4,6-9,20-21H2. The Bertz CT molecular complexity index is 1110. The SMILES string of the molecule is C1=CC2C(=C1)C(Cc1ccc(CC3CCCCC3)cc1)=CC=C2c1ccc2c(c1)CCC2. The zero-order valence-electron chi connectivity index (χ0n) is 19.2. The van der Waals surface area contributed by atoms with Crippen molar-refractivity contribution in [2.24, 2.45) is 11.8 Å². The van der Waals surface area contributed by atoms with Crippen LogP contribution in [-0.2, 0) is 25.7 Å². The summed E-state index contributed by atoms with van der Waals surface area (Å²) in [6.45, 7) is 0. The first kappa shape index (κ1) is 20.0. The van der Waals surface area contributed by atoms with Crippen LogP contribution in [-0.4, -0.2) is 0 Å². The molecule has 0 amide bonds. The van der Waals surface area contributed by atoms with E-state index >= 15 is 0 Å². The molecular formula is C32H34. The highest BCUT2D eigenvalue weighted by Crippen LogP contribution is 2.42. The normalized spacial score (nSPS) is 22.2. The molecule has 4 aliphatic rings. The molecule has 32 heavy (non-hydrogen) atoms. The van der Waals surface area contributed by atoms with Gasteiger partial charge in [-0.3, -0.25) is 0 Å². The van der Waals surface area contributed by atoms with E-state index in [0.29, 0.717) is 5.92 Å². The maximum absolute atomic E-state index is 2.46. The fraction of sp³-hybridized carbons (Fsp3) is 0.375. The van der Waals surface area contributed by atoms with Crippen molar-refractivity contribution in [1.29, 1.82) is 0 Å². The lowest BCUT2D eigenvalue weighted by molar-refractivity contribution is 0.356. The van der Waals surface area contributed by atoms with Gasteiger partial charge in [0.2, 0.25) is 0 Å². The Labute approximate surface area is 193 Å². The molecule has 0 heteroatoms. The fourth-order valence-electron chi connectivity index (χ4n) is 6.37. The van der Waals surface area contributed by atoms with Crippen molar-refractivity contribution in [3.05, 3.63) is 112 Å². The van der Waals surface area contributed by atoms with Crippen molar-refractivity contribution in [2.75, 3.05) is 0 Å². The molecule has 2 aromatic carbocycles. The summed E-state index contributed by atoms with van der Waals surface area (Å²) < 4.78 is 0. The molecule has 0 saturated heterocycles. The van der Waals surface area contributed by atoms with E-state index in [1.807, 2.05) is 0 Å². The number of hydrogen-bond acceptors (Lipinski definition) is 0. The van der Waals surface area contributed by atoms with Crippen LogP contribution in [0, 0.1) is 11.8 Å². The Morgan fingerprint density at radius 2 is 1.50 bits per heavy atom. The van der Waals surface area contributed by atoms with Gasteiger partial charge in [-0.15, -0.1) is 0 Å². The Balaban J connectivity index is 1.20. The van der Waals surface area contributed by atoms with Crippen molar-refractivity contribution < 1.29 is 0 Å². The molecule has 2 aromatic rings. The highest BCUT2D eigenvalue weighted by molar-refractivity contribution is 5.79. The van der Waals surface area contributed by atoms with Gasteiger partial charge in [0.25, 0.3) is 0 Å². The zero-order chi connectivity index (χ0) is 21.3. The second-order valence-electron chi connectivity index (χ2n) is 10.3. The van der Waals surface area contributed by atoms with Crippen LogP contribution in [0.25, 0.3) is 5.57 Å². The van der Waals surface area contributed by atoms with Gasteiger partial charge in [0.1, 0.15) is 0 Å². The van der Waals surface area contributed by atoms with Crippen molar-refractivity contribution in [1.82, 2.24) is 0 Å². The van der Waals surface area contributed by atoms with E-state index in [0.717, 1.165) is 12.3 Å². The summed E-state index contributed by atoms with van der Waals surface area (Å²) in [5.41, 5.74) is 11.9. The van der Waals surface area contributed by atoms with Gasteiger partial charge in [-0.1, -0.05) is 105 Å². The number of aryl methyl sites for hydroxylation is 2. The monoisotopic (exact) mass is 418 g/mol. The first-order valence-corrected chi connectivity index (χ1v) is 12.8. The van der Waals surface area contributed by atoms with E-state index in [1.165, 1.54) is 91.2 Å². The van der Waals surface area contributed by atoms with E-state index < -0.39 is 0 Å². The minimum absolute atomic E-state index is 0.417. The third kappa shape index (κ3) is 3.96. The minimum atomic E-state index is 0.417. The fourth-order valence-corrected chi connectivity index (χ4v) is 6.37. The first-order chi connectivity index (χ1) is 15.8. The second-order valence-corrected chi connectivity index (χ2v) is 10.3. The summed E-state index contributed by atoms with van der Waals surface area (Å²) in [6.07, 6.45) is 25.0. The molecular weight excluding hydrogens is 384 g/mol. The van der Waals surface area contributed by atoms with Gasteiger partial charge < -0.3 is 0 Å². The van der Waals surface area contributed by atoms with Gasteiger partial charge >= 0.3 is 0 Å². The Kier molecular flexibility index (Phi) is 5.47. The molecule has 0 nitrogen and oxygen atoms in total. The molecule has 0 N–H and O–H groups in total. The molecule has 0 bridgehead atoms. The maximum atomic E-state index is 2.46. The van der Waals surface area contributed by atoms with Gasteiger partial charge in [-0.2, -0.15) is 0 Å². The highest BCUT2D eigenvalue weighted by atomic mass is 14.3. The first-order valence-electron chi connectivity index (χ1n) is 12.8. The quantitative estimate of drug-likeness (QED) is 0.462. The molecule has 0 aromatic heterocycles. The summed E-state index contributed by atoms with van der Waals surface area (Å²) in [4.78, 5) is 0. The molecule has 0 radical (unpaired) electrons. The lowest BCUT2D eigenvalue weighted by Gasteiger charge is -2.25. The van der Waals surface area contributed by atoms with Crippen LogP contribution in [0.15, 0.2) is 84.0 Å². The summed E-state index contributed by atoms with van der Waals surface area (Å²) >= 11 is 0. The largest absolute Gasteiger partial charge is 0.0726 e. The van der Waals surface area contributed by atoms with Crippen molar-refractivity contribution in [3.8, 4) is 0 Å². The van der Waals surface area contributed by atoms with Crippen LogP contribution in [0.4, 0.5) is 0 Å². The topological polar surface area (TPSA) is 0 Å². The van der Waals surface area contributed by atoms with E-state index in [4.69, 9.17) is 0 Å². The molecule has 162 valence electrons. The molecule has 1 atom stereocenters. The molecule has 4 aliphatic carbocycles. The van der Waals surface area contributed by atoms with Crippen molar-refractivity contribution in [2.45, 2.75) is 64.2 Å². The summed E-state index contributed by atoms with van der Waals surface area (Å²) in [5.74, 6) is 1.33. The van der Waals surface area contributed by atoms with Gasteiger partial charge in [0.05, 0.1) is 0 Å². The third-order valence-corrected chi connectivity index (χ3v) is 8.18. The molecule has 0 aliphatic heterocycles. The summed E-state index contributed by atoms with van der Waals surface area (Å²) in [5, 5.41) is 0. The highest BCUT2D eigenvalue weighted by Gasteiger charge is 2.26. The summed E-state index contributed by atoms with van der Waals surface area (Å²) in [6, 6.07) is 16.7. The number of allylic oxidation sites excluding steroid dienone is 8. The van der Waals surface area contributed by atoms with Crippen LogP contribution in [0.3, 0.4) is 0 Å². The van der Waals surface area contributed by atoms with E-state index in [1.54, 1.807) is 11.1 Å². The smallest absolute Gasteiger partial charge is 0.0281 e. The second kappa shape index (κ2) is 8.74. The Morgan fingerprint density at radius 3 is 2.38 bits per heavy atom. The van der Waals surface area contributed by atoms with Gasteiger partial charge in [-0.05, 0) is 82.6 Å². The van der Waals surface area contributed by atoms with Crippen molar-refractivity contribution in [3.63, 3.8) is 0 Å². The Hall–Kier alpha value is -2.60. The van der Waals surface area contributed by atoms with Crippen LogP contribution in [0.5, 0.6) is 0 Å². The number of fused-ring (bicyclic) bond motifs is 2. The van der Waals surface area contributed by atoms with Crippen molar-refractivity contribution >= 4 is 5.57 Å². The predicted molar refractivity (Wildman–Crippen MR) is 136 cm³/mol. The number of hydrogen-bond donors (Lipinski definition) is 0. The number of benzene rings is 2. The maximum Gasteiger partial charge on any atom is 0.0281 e. The van der Waals surface area contributed by atoms with E-state index in [9.17, 15) is 0 Å². The molecule has 1 saturated carbocycles. The average Bonchev–Trinajstić information content (AvgIpc) is 3.51. The number of rotatable bonds is 5. The third-order valence-electron chi connectivity index (χ3n) is 8.18. The Morgan fingerprint density at radius 1 is 0.688 bits per heavy atom. The molecule has 0 spiro atoms. The summed E-state index contributed by atoms with van der Waals surface area (Å²) in [7, 11) is 0. The van der Waals surface area contributed by atoms with Crippen LogP contribution in [0.1, 0.15) is 66.3 Å². The molecule has 1 unspecified atom stereocenters. The predicted octanol–water partition coefficient (Wildman–Crippen LogP) is 7.98. The molecule has 0 heterocycles. The van der Waals surface area contributed by atoms with Gasteiger partial charge in [-0.25, -0.2) is 0 Å². The van der Waals surface area contributed by atoms with E-state index in [2.05, 4.69) is 72.8 Å². The lowest BCUT2D eigenvalue weighted by Crippen LogP contribution is -2.10. The zero-order valence-corrected chi connectivity index (χ0v) is 19.2. The minimum Gasteiger partial charge on any atom is -0.0726 e. The van der Waals surface area contributed by atoms with Gasteiger partial charge in [0, 0.05) is 5.92 Å². The van der Waals surface area contributed by atoms with Crippen LogP contribution < -0.4 is 0 Å². The van der Waals surface area contributed by atoms with Gasteiger partial charge in [0.15, 0.2) is 0 Å².